The lowest BCUT2D eigenvalue weighted by molar-refractivity contribution is -0.384. The molecule has 0 unspecified atom stereocenters. The van der Waals surface area contributed by atoms with Gasteiger partial charge in [0.15, 0.2) is 5.13 Å². The summed E-state index contributed by atoms with van der Waals surface area (Å²) in [5, 5.41) is 14.1. The predicted molar refractivity (Wildman–Crippen MR) is 119 cm³/mol. The van der Waals surface area contributed by atoms with E-state index in [1.165, 1.54) is 35.3 Å². The van der Waals surface area contributed by atoms with Gasteiger partial charge in [-0.2, -0.15) is 0 Å². The summed E-state index contributed by atoms with van der Waals surface area (Å²) in [5.74, 6) is -0.166. The summed E-state index contributed by atoms with van der Waals surface area (Å²) in [6, 6.07) is 14.7. The van der Waals surface area contributed by atoms with Crippen molar-refractivity contribution in [2.24, 2.45) is 0 Å². The number of hydrogen-bond donors (Lipinski definition) is 1. The molecule has 0 aliphatic carbocycles. The fourth-order valence-electron chi connectivity index (χ4n) is 2.64. The topological polar surface area (TPSA) is 85.1 Å². The maximum Gasteiger partial charge on any atom is 0.269 e. The second kappa shape index (κ2) is 9.49. The average molecular weight is 426 g/mol. The fourth-order valence-corrected chi connectivity index (χ4v) is 4.07. The predicted octanol–water partition coefficient (Wildman–Crippen LogP) is 5.49. The van der Waals surface area contributed by atoms with E-state index in [-0.39, 0.29) is 11.6 Å². The van der Waals surface area contributed by atoms with Gasteiger partial charge in [-0.1, -0.05) is 18.2 Å². The van der Waals surface area contributed by atoms with Crippen molar-refractivity contribution in [2.75, 3.05) is 11.6 Å². The van der Waals surface area contributed by atoms with Gasteiger partial charge in [-0.3, -0.25) is 14.9 Å². The minimum atomic E-state index is -0.423. The van der Waals surface area contributed by atoms with E-state index in [1.54, 1.807) is 23.9 Å². The molecule has 0 saturated carbocycles. The van der Waals surface area contributed by atoms with Crippen molar-refractivity contribution in [3.05, 3.63) is 80.3 Å². The number of nitrogens with one attached hydrogen (secondary N) is 1. The number of nitro groups is 1. The van der Waals surface area contributed by atoms with Crippen molar-refractivity contribution in [1.29, 1.82) is 0 Å². The number of hydrogen-bond acceptors (Lipinski definition) is 6. The van der Waals surface area contributed by atoms with Crippen molar-refractivity contribution >= 4 is 52.0 Å². The van der Waals surface area contributed by atoms with Crippen molar-refractivity contribution in [2.45, 2.75) is 18.2 Å². The van der Waals surface area contributed by atoms with Gasteiger partial charge in [-0.05, 0) is 47.7 Å². The molecule has 1 N–H and O–H groups in total. The van der Waals surface area contributed by atoms with Crippen LogP contribution in [-0.4, -0.2) is 22.1 Å². The quantitative estimate of drug-likeness (QED) is 0.307. The molecule has 29 heavy (non-hydrogen) atoms. The maximum absolute atomic E-state index is 11.4. The number of carbonyl (C=O) groups is 1. The zero-order chi connectivity index (χ0) is 20.8. The summed E-state index contributed by atoms with van der Waals surface area (Å²) < 4.78 is 0. The van der Waals surface area contributed by atoms with Gasteiger partial charge in [0.1, 0.15) is 0 Å². The van der Waals surface area contributed by atoms with E-state index in [0.29, 0.717) is 11.6 Å². The summed E-state index contributed by atoms with van der Waals surface area (Å²) in [6.45, 7) is 1.45. The molecule has 3 aromatic rings. The molecule has 1 heterocycles. The third-order valence-electron chi connectivity index (χ3n) is 4.07. The largest absolute Gasteiger partial charge is 0.302 e. The lowest BCUT2D eigenvalue weighted by Crippen LogP contribution is -2.04. The molecule has 1 amide bonds. The highest BCUT2D eigenvalue weighted by Gasteiger charge is 2.11. The Morgan fingerprint density at radius 1 is 1.17 bits per heavy atom. The molecular formula is C21H19N3O3S2. The number of non-ortho nitro benzene ring substituents is 1. The number of amides is 1. The molecule has 0 aliphatic rings. The van der Waals surface area contributed by atoms with E-state index >= 15 is 0 Å². The van der Waals surface area contributed by atoms with Gasteiger partial charge in [0.25, 0.3) is 5.69 Å². The first-order chi connectivity index (χ1) is 13.9. The first-order valence-electron chi connectivity index (χ1n) is 8.77. The van der Waals surface area contributed by atoms with Crippen molar-refractivity contribution < 1.29 is 9.72 Å². The van der Waals surface area contributed by atoms with E-state index in [0.717, 1.165) is 21.7 Å². The normalized spacial score (nSPS) is 11.0. The molecule has 0 atom stereocenters. The molecule has 0 saturated heterocycles. The van der Waals surface area contributed by atoms with Crippen molar-refractivity contribution in [1.82, 2.24) is 4.98 Å². The average Bonchev–Trinajstić information content (AvgIpc) is 3.07. The van der Waals surface area contributed by atoms with Crippen molar-refractivity contribution in [3.8, 4) is 0 Å². The molecule has 1 aromatic heterocycles. The lowest BCUT2D eigenvalue weighted by Gasteiger charge is -2.02. The van der Waals surface area contributed by atoms with Crippen LogP contribution < -0.4 is 5.32 Å². The Morgan fingerprint density at radius 3 is 2.45 bits per heavy atom. The molecule has 148 valence electrons. The van der Waals surface area contributed by atoms with Gasteiger partial charge in [0.05, 0.1) is 10.6 Å². The van der Waals surface area contributed by atoms with Crippen LogP contribution in [0.5, 0.6) is 0 Å². The van der Waals surface area contributed by atoms with Gasteiger partial charge in [0.2, 0.25) is 5.91 Å². The molecular weight excluding hydrogens is 406 g/mol. The maximum atomic E-state index is 11.4. The number of thioether (sulfide) groups is 1. The highest BCUT2D eigenvalue weighted by Crippen LogP contribution is 2.28. The van der Waals surface area contributed by atoms with Crippen LogP contribution in [0.15, 0.2) is 53.4 Å². The van der Waals surface area contributed by atoms with Gasteiger partial charge in [-0.15, -0.1) is 23.1 Å². The molecule has 0 bridgehead atoms. The van der Waals surface area contributed by atoms with Crippen LogP contribution >= 0.6 is 23.1 Å². The van der Waals surface area contributed by atoms with Gasteiger partial charge < -0.3 is 5.32 Å². The van der Waals surface area contributed by atoms with E-state index in [9.17, 15) is 14.9 Å². The monoisotopic (exact) mass is 425 g/mol. The van der Waals surface area contributed by atoms with Gasteiger partial charge >= 0.3 is 0 Å². The molecule has 0 radical (unpaired) electrons. The van der Waals surface area contributed by atoms with Gasteiger partial charge in [-0.25, -0.2) is 4.98 Å². The van der Waals surface area contributed by atoms with Crippen LogP contribution in [-0.2, 0) is 11.2 Å². The molecule has 2 aromatic carbocycles. The zero-order valence-electron chi connectivity index (χ0n) is 15.9. The summed E-state index contributed by atoms with van der Waals surface area (Å²) in [6.07, 6.45) is 6.47. The number of nitro benzene ring substituents is 1. The highest BCUT2D eigenvalue weighted by molar-refractivity contribution is 7.98. The molecule has 0 fully saturated rings. The first kappa shape index (κ1) is 20.8. The minimum Gasteiger partial charge on any atom is -0.302 e. The molecule has 0 spiro atoms. The number of benzene rings is 2. The zero-order valence-corrected chi connectivity index (χ0v) is 17.5. The Labute approximate surface area is 176 Å². The number of thiazole rings is 1. The van der Waals surface area contributed by atoms with Crippen molar-refractivity contribution in [3.63, 3.8) is 0 Å². The van der Waals surface area contributed by atoms with Crippen LogP contribution in [0, 0.1) is 10.1 Å². The Bertz CT molecular complexity index is 1040. The van der Waals surface area contributed by atoms with Crippen LogP contribution in [0.25, 0.3) is 12.2 Å². The van der Waals surface area contributed by atoms with Crippen LogP contribution in [0.3, 0.4) is 0 Å². The third-order valence-corrected chi connectivity index (χ3v) is 5.80. The highest BCUT2D eigenvalue weighted by atomic mass is 32.2. The molecule has 3 rings (SSSR count). The molecule has 0 aliphatic heterocycles. The van der Waals surface area contributed by atoms with Crippen LogP contribution in [0.2, 0.25) is 0 Å². The Hall–Kier alpha value is -2.97. The Balaban J connectivity index is 1.85. The van der Waals surface area contributed by atoms with E-state index < -0.39 is 4.92 Å². The number of rotatable bonds is 7. The molecule has 8 heteroatoms. The van der Waals surface area contributed by atoms with E-state index in [1.807, 2.05) is 18.4 Å². The van der Waals surface area contributed by atoms with Gasteiger partial charge in [0, 0.05) is 35.2 Å². The van der Waals surface area contributed by atoms with Crippen LogP contribution in [0.4, 0.5) is 10.8 Å². The van der Waals surface area contributed by atoms with E-state index in [4.69, 9.17) is 0 Å². The molecule has 6 nitrogen and oxygen atoms in total. The second-order valence-electron chi connectivity index (χ2n) is 6.22. The standard InChI is InChI=1S/C21H19N3O3S2/c1-14(25)22-21-23-19(12-7-15-3-8-17(9-4-15)24(26)27)20(29-21)13-16-5-10-18(28-2)11-6-16/h3-12H,13H2,1-2H3,(H,22,23,25)/b12-7-. The third kappa shape index (κ3) is 5.75. The summed E-state index contributed by atoms with van der Waals surface area (Å²) in [4.78, 5) is 28.5. The fraction of sp³-hybridized carbons (Fsp3) is 0.143. The van der Waals surface area contributed by atoms with Crippen LogP contribution in [0.1, 0.15) is 28.6 Å². The number of nitrogens with zero attached hydrogens (tertiary/aromatic N) is 2. The number of anilines is 1. The Morgan fingerprint density at radius 2 is 1.86 bits per heavy atom. The first-order valence-corrected chi connectivity index (χ1v) is 10.8. The minimum absolute atomic E-state index is 0.0538. The lowest BCUT2D eigenvalue weighted by atomic mass is 10.1. The SMILES string of the molecule is CSc1ccc(Cc2sc(NC(C)=O)nc2/C=C\c2ccc([N+](=O)[O-])cc2)cc1. The number of aromatic nitrogens is 1. The summed E-state index contributed by atoms with van der Waals surface area (Å²) in [5.41, 5.74) is 2.81. The second-order valence-corrected chi connectivity index (χ2v) is 8.18. The smallest absolute Gasteiger partial charge is 0.269 e. The number of carbonyl (C=O) groups excluding carboxylic acids is 1. The summed E-state index contributed by atoms with van der Waals surface area (Å²) in [7, 11) is 0. The Kier molecular flexibility index (Phi) is 6.79. The van der Waals surface area contributed by atoms with E-state index in [2.05, 4.69) is 34.6 Å². The summed E-state index contributed by atoms with van der Waals surface area (Å²) >= 11 is 3.14.